The third-order valence-corrected chi connectivity index (χ3v) is 5.42. The molecule has 32 heavy (non-hydrogen) atoms. The van der Waals surface area contributed by atoms with Crippen LogP contribution in [-0.2, 0) is 26.4 Å². The van der Waals surface area contributed by atoms with Gasteiger partial charge < -0.3 is 14.6 Å². The first-order valence-electron chi connectivity index (χ1n) is 10.9. The van der Waals surface area contributed by atoms with Crippen molar-refractivity contribution in [1.29, 1.82) is 0 Å². The average molecular weight is 429 g/mol. The molecule has 0 saturated heterocycles. The highest BCUT2D eigenvalue weighted by atomic mass is 16.5. The summed E-state index contributed by atoms with van der Waals surface area (Å²) in [5, 5.41) is 5.08. The highest BCUT2D eigenvalue weighted by molar-refractivity contribution is 5.82. The van der Waals surface area contributed by atoms with E-state index in [1.54, 1.807) is 24.0 Å². The van der Waals surface area contributed by atoms with Crippen molar-refractivity contribution in [3.8, 4) is 5.75 Å². The third kappa shape index (κ3) is 5.80. The van der Waals surface area contributed by atoms with Crippen molar-refractivity contribution in [2.45, 2.75) is 25.8 Å². The van der Waals surface area contributed by atoms with Crippen LogP contribution in [0.25, 0.3) is 10.8 Å². The molecule has 6 nitrogen and oxygen atoms in total. The predicted molar refractivity (Wildman–Crippen MR) is 127 cm³/mol. The lowest BCUT2D eigenvalue weighted by Gasteiger charge is -2.09. The molecule has 0 atom stereocenters. The summed E-state index contributed by atoms with van der Waals surface area (Å²) in [5.41, 5.74) is 3.57. The van der Waals surface area contributed by atoms with Crippen molar-refractivity contribution in [2.75, 3.05) is 13.2 Å². The van der Waals surface area contributed by atoms with Gasteiger partial charge in [0.25, 0.3) is 5.56 Å². The largest absolute Gasteiger partial charge is 0.494 e. The molecule has 0 unspecified atom stereocenters. The first-order valence-corrected chi connectivity index (χ1v) is 10.9. The van der Waals surface area contributed by atoms with Gasteiger partial charge in [-0.2, -0.15) is 0 Å². The molecule has 0 aliphatic rings. The molecule has 3 heterocycles. The van der Waals surface area contributed by atoms with E-state index in [0.29, 0.717) is 12.0 Å². The Morgan fingerprint density at radius 1 is 1.03 bits per heavy atom. The fraction of sp³-hybridized carbons (Fsp3) is 0.269. The van der Waals surface area contributed by atoms with Crippen molar-refractivity contribution >= 4 is 10.8 Å². The standard InChI is InChI=1S/C26H28N4O2/c1-30-14-10-22-17-24(7-8-25(22)26(30)31)32-15-3-12-28-19-21-9-13-29-23(16-21)6-5-20-4-2-11-27-18-20/h2,4,7-11,13-14,16-18,28H,3,5-6,12,15,19H2,1H3. The van der Waals surface area contributed by atoms with E-state index in [2.05, 4.69) is 33.5 Å². The maximum Gasteiger partial charge on any atom is 0.258 e. The van der Waals surface area contributed by atoms with E-state index in [9.17, 15) is 4.79 Å². The van der Waals surface area contributed by atoms with Crippen LogP contribution in [0, 0.1) is 0 Å². The summed E-state index contributed by atoms with van der Waals surface area (Å²) in [6, 6.07) is 15.8. The van der Waals surface area contributed by atoms with Gasteiger partial charge in [0, 0.05) is 49.5 Å². The van der Waals surface area contributed by atoms with Crippen LogP contribution in [0.2, 0.25) is 0 Å². The Hall–Kier alpha value is -3.51. The number of hydrogen-bond donors (Lipinski definition) is 1. The van der Waals surface area contributed by atoms with Crippen molar-refractivity contribution in [3.63, 3.8) is 0 Å². The molecule has 4 rings (SSSR count). The van der Waals surface area contributed by atoms with Gasteiger partial charge in [-0.15, -0.1) is 0 Å². The molecule has 0 bridgehead atoms. The SMILES string of the molecule is Cn1ccc2cc(OCCCNCc3ccnc(CCc4cccnc4)c3)ccc2c1=O. The number of rotatable bonds is 10. The van der Waals surface area contributed by atoms with Crippen LogP contribution in [0.5, 0.6) is 5.75 Å². The fourth-order valence-corrected chi connectivity index (χ4v) is 3.63. The minimum absolute atomic E-state index is 0.00888. The third-order valence-electron chi connectivity index (χ3n) is 5.42. The summed E-state index contributed by atoms with van der Waals surface area (Å²) in [6.07, 6.45) is 10.1. The Morgan fingerprint density at radius 2 is 1.97 bits per heavy atom. The molecule has 0 saturated carbocycles. The quantitative estimate of drug-likeness (QED) is 0.390. The fourth-order valence-electron chi connectivity index (χ4n) is 3.63. The topological polar surface area (TPSA) is 69.0 Å². The Labute approximate surface area is 187 Å². The van der Waals surface area contributed by atoms with Gasteiger partial charge >= 0.3 is 0 Å². The van der Waals surface area contributed by atoms with Crippen LogP contribution >= 0.6 is 0 Å². The molecule has 3 aromatic heterocycles. The second-order valence-electron chi connectivity index (χ2n) is 7.88. The van der Waals surface area contributed by atoms with Gasteiger partial charge in [-0.05, 0) is 84.8 Å². The summed E-state index contributed by atoms with van der Waals surface area (Å²) in [5.74, 6) is 0.790. The minimum Gasteiger partial charge on any atom is -0.494 e. The van der Waals surface area contributed by atoms with E-state index in [-0.39, 0.29) is 5.56 Å². The van der Waals surface area contributed by atoms with Gasteiger partial charge in [-0.3, -0.25) is 14.8 Å². The summed E-state index contributed by atoms with van der Waals surface area (Å²) in [7, 11) is 1.76. The summed E-state index contributed by atoms with van der Waals surface area (Å²) < 4.78 is 7.45. The number of pyridine rings is 3. The molecular weight excluding hydrogens is 400 g/mol. The maximum atomic E-state index is 12.1. The molecule has 164 valence electrons. The van der Waals surface area contributed by atoms with Gasteiger partial charge in [-0.25, -0.2) is 0 Å². The molecule has 1 aromatic carbocycles. The summed E-state index contributed by atoms with van der Waals surface area (Å²) >= 11 is 0. The number of aryl methyl sites for hydroxylation is 3. The maximum absolute atomic E-state index is 12.1. The van der Waals surface area contributed by atoms with Crippen LogP contribution in [-0.4, -0.2) is 27.7 Å². The number of aromatic nitrogens is 3. The Morgan fingerprint density at radius 3 is 2.84 bits per heavy atom. The highest BCUT2D eigenvalue weighted by Gasteiger charge is 2.03. The van der Waals surface area contributed by atoms with Gasteiger partial charge in [0.15, 0.2) is 0 Å². The van der Waals surface area contributed by atoms with Crippen LogP contribution < -0.4 is 15.6 Å². The number of fused-ring (bicyclic) bond motifs is 1. The van der Waals surface area contributed by atoms with E-state index < -0.39 is 0 Å². The average Bonchev–Trinajstić information content (AvgIpc) is 2.83. The Kier molecular flexibility index (Phi) is 7.25. The predicted octanol–water partition coefficient (Wildman–Crippen LogP) is 3.67. The molecule has 4 aromatic rings. The molecule has 0 radical (unpaired) electrons. The normalized spacial score (nSPS) is 11.0. The highest BCUT2D eigenvalue weighted by Crippen LogP contribution is 2.18. The number of ether oxygens (including phenoxy) is 1. The molecule has 1 N–H and O–H groups in total. The van der Waals surface area contributed by atoms with Crippen molar-refractivity contribution in [2.24, 2.45) is 7.05 Å². The first kappa shape index (κ1) is 21.7. The van der Waals surface area contributed by atoms with Crippen molar-refractivity contribution in [1.82, 2.24) is 19.9 Å². The van der Waals surface area contributed by atoms with Crippen LogP contribution in [0.4, 0.5) is 0 Å². The second-order valence-corrected chi connectivity index (χ2v) is 7.88. The van der Waals surface area contributed by atoms with E-state index >= 15 is 0 Å². The summed E-state index contributed by atoms with van der Waals surface area (Å²) in [4.78, 5) is 20.8. The minimum atomic E-state index is 0.00888. The zero-order chi connectivity index (χ0) is 22.2. The van der Waals surface area contributed by atoms with E-state index in [1.165, 1.54) is 11.1 Å². The van der Waals surface area contributed by atoms with Gasteiger partial charge in [0.1, 0.15) is 5.75 Å². The number of nitrogens with zero attached hydrogens (tertiary/aromatic N) is 3. The molecule has 0 aliphatic heterocycles. The van der Waals surface area contributed by atoms with Gasteiger partial charge in [-0.1, -0.05) is 6.07 Å². The van der Waals surface area contributed by atoms with Crippen LogP contribution in [0.15, 0.2) is 78.1 Å². The summed E-state index contributed by atoms with van der Waals surface area (Å²) in [6.45, 7) is 2.29. The Bertz CT molecular complexity index is 1220. The second kappa shape index (κ2) is 10.7. The van der Waals surface area contributed by atoms with Crippen molar-refractivity contribution in [3.05, 3.63) is 100 Å². The molecule has 0 aliphatic carbocycles. The number of benzene rings is 1. The molecular formula is C26H28N4O2. The lowest BCUT2D eigenvalue weighted by Crippen LogP contribution is -2.17. The molecule has 6 heteroatoms. The lowest BCUT2D eigenvalue weighted by atomic mass is 10.1. The van der Waals surface area contributed by atoms with Gasteiger partial charge in [0.2, 0.25) is 0 Å². The van der Waals surface area contributed by atoms with Crippen molar-refractivity contribution < 1.29 is 4.74 Å². The van der Waals surface area contributed by atoms with Crippen LogP contribution in [0.3, 0.4) is 0 Å². The van der Waals surface area contributed by atoms with E-state index in [1.807, 2.05) is 42.7 Å². The molecule has 0 spiro atoms. The monoisotopic (exact) mass is 428 g/mol. The van der Waals surface area contributed by atoms with E-state index in [4.69, 9.17) is 4.74 Å². The molecule has 0 fully saturated rings. The Balaban J connectivity index is 1.18. The number of hydrogen-bond acceptors (Lipinski definition) is 5. The zero-order valence-corrected chi connectivity index (χ0v) is 18.3. The molecule has 0 amide bonds. The first-order chi connectivity index (χ1) is 15.7. The zero-order valence-electron chi connectivity index (χ0n) is 18.3. The number of nitrogens with one attached hydrogen (secondary N) is 1. The lowest BCUT2D eigenvalue weighted by molar-refractivity contribution is 0.308. The van der Waals surface area contributed by atoms with E-state index in [0.717, 1.165) is 49.2 Å². The smallest absolute Gasteiger partial charge is 0.258 e. The van der Waals surface area contributed by atoms with Crippen LogP contribution in [0.1, 0.15) is 23.2 Å². The van der Waals surface area contributed by atoms with Gasteiger partial charge in [0.05, 0.1) is 6.61 Å².